The van der Waals surface area contributed by atoms with Crippen molar-refractivity contribution in [1.29, 1.82) is 0 Å². The van der Waals surface area contributed by atoms with Gasteiger partial charge in [-0.2, -0.15) is 0 Å². The van der Waals surface area contributed by atoms with Crippen LogP contribution >= 0.6 is 0 Å². The van der Waals surface area contributed by atoms with Crippen LogP contribution < -0.4 is 10.4 Å². The van der Waals surface area contributed by atoms with Gasteiger partial charge in [0.1, 0.15) is 24.8 Å². The molecule has 8 heteroatoms. The molecule has 0 aliphatic carbocycles. The van der Waals surface area contributed by atoms with Crippen LogP contribution in [0.15, 0.2) is 45.9 Å². The molecule has 1 saturated heterocycles. The Morgan fingerprint density at radius 3 is 2.93 bits per heavy atom. The van der Waals surface area contributed by atoms with Crippen molar-refractivity contribution in [2.24, 2.45) is 0 Å². The van der Waals surface area contributed by atoms with Crippen LogP contribution in [0, 0.1) is 13.8 Å². The summed E-state index contributed by atoms with van der Waals surface area (Å²) in [5.41, 5.74) is 1.38. The molecule has 1 atom stereocenters. The highest BCUT2D eigenvalue weighted by atomic mass is 16.5. The number of nitrogens with zero attached hydrogens (tertiary/aromatic N) is 3. The minimum Gasteiger partial charge on any atom is -0.474 e. The SMILES string of the molecule is Cc1cc(=O)oc(C)c1C(=O)N1CCOC(COc2ncnc3ccccc23)C1. The van der Waals surface area contributed by atoms with Crippen molar-refractivity contribution in [3.05, 3.63) is 64.0 Å². The number of ether oxygens (including phenoxy) is 2. The van der Waals surface area contributed by atoms with Crippen molar-refractivity contribution < 1.29 is 18.7 Å². The molecule has 1 fully saturated rings. The van der Waals surface area contributed by atoms with Gasteiger partial charge in [0.05, 0.1) is 29.6 Å². The third-order valence-electron chi connectivity index (χ3n) is 4.89. The lowest BCUT2D eigenvalue weighted by atomic mass is 10.1. The lowest BCUT2D eigenvalue weighted by Crippen LogP contribution is -2.48. The van der Waals surface area contributed by atoms with Crippen molar-refractivity contribution >= 4 is 16.8 Å². The Kier molecular flexibility index (Phi) is 5.26. The zero-order valence-electron chi connectivity index (χ0n) is 16.3. The van der Waals surface area contributed by atoms with Gasteiger partial charge in [-0.15, -0.1) is 0 Å². The maximum absolute atomic E-state index is 13.0. The van der Waals surface area contributed by atoms with E-state index >= 15 is 0 Å². The molecule has 0 saturated carbocycles. The van der Waals surface area contributed by atoms with E-state index in [2.05, 4.69) is 9.97 Å². The number of morpholine rings is 1. The summed E-state index contributed by atoms with van der Waals surface area (Å²) in [6.45, 7) is 4.86. The first kappa shape index (κ1) is 19.1. The van der Waals surface area contributed by atoms with Crippen molar-refractivity contribution in [2.45, 2.75) is 20.0 Å². The van der Waals surface area contributed by atoms with Crippen molar-refractivity contribution in [3.63, 3.8) is 0 Å². The molecule has 150 valence electrons. The van der Waals surface area contributed by atoms with Gasteiger partial charge in [-0.1, -0.05) is 12.1 Å². The Bertz CT molecular complexity index is 1080. The molecule has 29 heavy (non-hydrogen) atoms. The van der Waals surface area contributed by atoms with E-state index in [0.29, 0.717) is 42.5 Å². The quantitative estimate of drug-likeness (QED) is 0.668. The number of amides is 1. The van der Waals surface area contributed by atoms with E-state index in [1.807, 2.05) is 24.3 Å². The largest absolute Gasteiger partial charge is 0.474 e. The zero-order chi connectivity index (χ0) is 20.4. The monoisotopic (exact) mass is 395 g/mol. The molecule has 1 amide bonds. The summed E-state index contributed by atoms with van der Waals surface area (Å²) in [4.78, 5) is 34.6. The third kappa shape index (κ3) is 3.97. The molecule has 4 rings (SSSR count). The standard InChI is InChI=1S/C21H21N3O5/c1-13-9-18(25)29-14(2)19(13)21(26)24-7-8-27-15(10-24)11-28-20-16-5-3-4-6-17(16)22-12-23-20/h3-6,9,12,15H,7-8,10-11H2,1-2H3. The van der Waals surface area contributed by atoms with Crippen LogP contribution in [0.3, 0.4) is 0 Å². The number of hydrogen-bond acceptors (Lipinski definition) is 7. The van der Waals surface area contributed by atoms with Gasteiger partial charge in [0.15, 0.2) is 0 Å². The first-order valence-electron chi connectivity index (χ1n) is 9.37. The van der Waals surface area contributed by atoms with Crippen LogP contribution in [0.4, 0.5) is 0 Å². The van der Waals surface area contributed by atoms with Crippen LogP contribution in [-0.4, -0.2) is 53.2 Å². The number of rotatable bonds is 4. The van der Waals surface area contributed by atoms with Crippen LogP contribution in [-0.2, 0) is 4.74 Å². The summed E-state index contributed by atoms with van der Waals surface area (Å²) in [6.07, 6.45) is 1.17. The van der Waals surface area contributed by atoms with Gasteiger partial charge >= 0.3 is 5.63 Å². The van der Waals surface area contributed by atoms with Crippen LogP contribution in [0.2, 0.25) is 0 Å². The lowest BCUT2D eigenvalue weighted by molar-refractivity contribution is -0.0406. The highest BCUT2D eigenvalue weighted by Crippen LogP contribution is 2.22. The average molecular weight is 395 g/mol. The third-order valence-corrected chi connectivity index (χ3v) is 4.89. The number of carbonyl (C=O) groups excluding carboxylic acids is 1. The van der Waals surface area contributed by atoms with Gasteiger partial charge < -0.3 is 18.8 Å². The van der Waals surface area contributed by atoms with Gasteiger partial charge in [-0.3, -0.25) is 4.79 Å². The molecule has 2 aromatic heterocycles. The molecule has 1 aliphatic heterocycles. The van der Waals surface area contributed by atoms with Crippen LogP contribution in [0.5, 0.6) is 5.88 Å². The molecule has 0 radical (unpaired) electrons. The van der Waals surface area contributed by atoms with E-state index in [0.717, 1.165) is 10.9 Å². The predicted molar refractivity (Wildman–Crippen MR) is 105 cm³/mol. The van der Waals surface area contributed by atoms with Gasteiger partial charge in [0.2, 0.25) is 5.88 Å². The molecule has 0 spiro atoms. The molecule has 1 aliphatic rings. The second-order valence-corrected chi connectivity index (χ2v) is 6.93. The van der Waals surface area contributed by atoms with E-state index in [1.54, 1.807) is 18.7 Å². The van der Waals surface area contributed by atoms with Crippen molar-refractivity contribution in [1.82, 2.24) is 14.9 Å². The molecule has 1 aromatic carbocycles. The number of aryl methyl sites for hydroxylation is 2. The maximum Gasteiger partial charge on any atom is 0.336 e. The van der Waals surface area contributed by atoms with E-state index < -0.39 is 5.63 Å². The number of benzene rings is 1. The summed E-state index contributed by atoms with van der Waals surface area (Å²) in [5, 5.41) is 0.823. The number of hydrogen-bond donors (Lipinski definition) is 0. The second-order valence-electron chi connectivity index (χ2n) is 6.93. The zero-order valence-corrected chi connectivity index (χ0v) is 16.3. The summed E-state index contributed by atoms with van der Waals surface area (Å²) in [6, 6.07) is 8.93. The highest BCUT2D eigenvalue weighted by molar-refractivity contribution is 5.96. The molecule has 1 unspecified atom stereocenters. The summed E-state index contributed by atoms with van der Waals surface area (Å²) in [7, 11) is 0. The van der Waals surface area contributed by atoms with E-state index in [-0.39, 0.29) is 18.6 Å². The van der Waals surface area contributed by atoms with Gasteiger partial charge in [0.25, 0.3) is 5.91 Å². The van der Waals surface area contributed by atoms with Crippen molar-refractivity contribution in [2.75, 3.05) is 26.3 Å². The fourth-order valence-corrected chi connectivity index (χ4v) is 3.51. The first-order valence-corrected chi connectivity index (χ1v) is 9.37. The van der Waals surface area contributed by atoms with Gasteiger partial charge in [0, 0.05) is 12.6 Å². The Balaban J connectivity index is 1.46. The molecular weight excluding hydrogens is 374 g/mol. The van der Waals surface area contributed by atoms with E-state index in [4.69, 9.17) is 13.9 Å². The first-order chi connectivity index (χ1) is 14.0. The molecule has 3 aromatic rings. The molecule has 0 N–H and O–H groups in total. The Labute approximate surface area is 167 Å². The van der Waals surface area contributed by atoms with Gasteiger partial charge in [-0.05, 0) is 31.5 Å². The molecule has 0 bridgehead atoms. The predicted octanol–water partition coefficient (Wildman–Crippen LogP) is 2.12. The average Bonchev–Trinajstić information content (AvgIpc) is 2.71. The fraction of sp³-hybridized carbons (Fsp3) is 0.333. The van der Waals surface area contributed by atoms with Crippen LogP contribution in [0.25, 0.3) is 10.9 Å². The van der Waals surface area contributed by atoms with E-state index in [1.165, 1.54) is 12.4 Å². The Morgan fingerprint density at radius 2 is 2.10 bits per heavy atom. The topological polar surface area (TPSA) is 94.8 Å². The van der Waals surface area contributed by atoms with Crippen molar-refractivity contribution in [3.8, 4) is 5.88 Å². The Hall–Kier alpha value is -3.26. The molecule has 3 heterocycles. The minimum absolute atomic E-state index is 0.176. The number of carbonyl (C=O) groups is 1. The summed E-state index contributed by atoms with van der Waals surface area (Å²) in [5.74, 6) is 0.635. The smallest absolute Gasteiger partial charge is 0.336 e. The lowest BCUT2D eigenvalue weighted by Gasteiger charge is -2.33. The number of aromatic nitrogens is 2. The van der Waals surface area contributed by atoms with Gasteiger partial charge in [-0.25, -0.2) is 14.8 Å². The molecule has 8 nitrogen and oxygen atoms in total. The highest BCUT2D eigenvalue weighted by Gasteiger charge is 2.28. The van der Waals surface area contributed by atoms with Crippen LogP contribution in [0.1, 0.15) is 21.7 Å². The summed E-state index contributed by atoms with van der Waals surface area (Å²) < 4.78 is 16.8. The summed E-state index contributed by atoms with van der Waals surface area (Å²) >= 11 is 0. The second kappa shape index (κ2) is 8.00. The number of fused-ring (bicyclic) bond motifs is 1. The maximum atomic E-state index is 13.0. The Morgan fingerprint density at radius 1 is 1.28 bits per heavy atom. The molecular formula is C21H21N3O5. The number of para-hydroxylation sites is 1. The van der Waals surface area contributed by atoms with E-state index in [9.17, 15) is 9.59 Å². The fourth-order valence-electron chi connectivity index (χ4n) is 3.51. The normalized spacial score (nSPS) is 16.8. The minimum atomic E-state index is -0.457.